The maximum atomic E-state index is 13.2. The lowest BCUT2D eigenvalue weighted by Gasteiger charge is -2.27. The molecule has 1 atom stereocenters. The van der Waals surface area contributed by atoms with Crippen LogP contribution >= 0.6 is 0 Å². The van der Waals surface area contributed by atoms with Crippen LogP contribution in [0.25, 0.3) is 0 Å². The maximum Gasteiger partial charge on any atom is 0.352 e. The molecule has 26 heavy (non-hydrogen) atoms. The summed E-state index contributed by atoms with van der Waals surface area (Å²) in [4.78, 5) is 29.1. The molecule has 1 aromatic carbocycles. The predicted octanol–water partition coefficient (Wildman–Crippen LogP) is 1.30. The summed E-state index contributed by atoms with van der Waals surface area (Å²) in [5.74, 6) is -1.56. The number of carboxylic acid groups (broad SMARTS) is 1. The van der Waals surface area contributed by atoms with Gasteiger partial charge in [-0.2, -0.15) is 4.68 Å². The zero-order valence-corrected chi connectivity index (χ0v) is 13.3. The highest BCUT2D eigenvalue weighted by Gasteiger charge is 2.38. The first-order valence-electron chi connectivity index (χ1n) is 7.69. The lowest BCUT2D eigenvalue weighted by molar-refractivity contribution is -0.132. The van der Waals surface area contributed by atoms with Gasteiger partial charge in [-0.05, 0) is 22.1 Å². The third-order valence-electron chi connectivity index (χ3n) is 4.01. The van der Waals surface area contributed by atoms with Crippen molar-refractivity contribution < 1.29 is 14.7 Å². The number of carbonyl (C=O) groups is 2. The summed E-state index contributed by atoms with van der Waals surface area (Å²) in [6.45, 7) is 0. The number of nitrogens with zero attached hydrogens (tertiary/aromatic N) is 5. The van der Waals surface area contributed by atoms with Gasteiger partial charge < -0.3 is 10.4 Å². The molecule has 2 N–H and O–H groups in total. The number of hydrogen-bond donors (Lipinski definition) is 2. The Labute approximate surface area is 147 Å². The average Bonchev–Trinajstić information content (AvgIpc) is 3.15. The highest BCUT2D eigenvalue weighted by Crippen LogP contribution is 2.35. The number of tetrazole rings is 1. The van der Waals surface area contributed by atoms with Crippen molar-refractivity contribution in [3.8, 4) is 0 Å². The number of rotatable bonds is 4. The molecule has 9 heteroatoms. The topological polar surface area (TPSA) is 123 Å². The smallest absolute Gasteiger partial charge is 0.352 e. The number of nitrogens with one attached hydrogen (secondary N) is 1. The van der Waals surface area contributed by atoms with Crippen molar-refractivity contribution in [2.24, 2.45) is 0 Å². The van der Waals surface area contributed by atoms with E-state index in [4.69, 9.17) is 0 Å². The summed E-state index contributed by atoms with van der Waals surface area (Å²) >= 11 is 0. The van der Waals surface area contributed by atoms with Crippen LogP contribution in [0.5, 0.6) is 0 Å². The second-order valence-corrected chi connectivity index (χ2v) is 5.55. The number of hydrogen-bond acceptors (Lipinski definition) is 7. The fourth-order valence-corrected chi connectivity index (χ4v) is 2.88. The number of benzene rings is 1. The van der Waals surface area contributed by atoms with E-state index in [-0.39, 0.29) is 17.2 Å². The summed E-state index contributed by atoms with van der Waals surface area (Å²) < 4.78 is 1.37. The lowest BCUT2D eigenvalue weighted by Crippen LogP contribution is -2.32. The maximum absolute atomic E-state index is 13.2. The van der Waals surface area contributed by atoms with E-state index >= 15 is 0 Å². The monoisotopic (exact) mass is 348 g/mol. The van der Waals surface area contributed by atoms with E-state index in [9.17, 15) is 14.7 Å². The number of aromatic nitrogens is 5. The Balaban J connectivity index is 1.95. The number of pyridine rings is 1. The predicted molar refractivity (Wildman–Crippen MR) is 89.3 cm³/mol. The second kappa shape index (κ2) is 6.20. The zero-order valence-electron chi connectivity index (χ0n) is 13.3. The van der Waals surface area contributed by atoms with E-state index in [1.165, 1.54) is 4.68 Å². The van der Waals surface area contributed by atoms with Gasteiger partial charge in [-0.15, -0.1) is 0 Å². The highest BCUT2D eigenvalue weighted by molar-refractivity contribution is 6.14. The molecule has 0 saturated carbocycles. The van der Waals surface area contributed by atoms with E-state index in [1.54, 1.807) is 54.9 Å². The highest BCUT2D eigenvalue weighted by atomic mass is 16.4. The van der Waals surface area contributed by atoms with Crippen molar-refractivity contribution in [2.75, 3.05) is 5.32 Å². The summed E-state index contributed by atoms with van der Waals surface area (Å²) in [5.41, 5.74) is 0.751. The molecule has 0 radical (unpaired) electrons. The molecule has 0 aliphatic carbocycles. The molecule has 0 saturated heterocycles. The van der Waals surface area contributed by atoms with Crippen LogP contribution in [0.3, 0.4) is 0 Å². The number of Topliss-reactive ketones (excluding diaryl/α,β-unsaturated/α-hetero) is 1. The molecule has 9 nitrogen and oxygen atoms in total. The number of ketones is 1. The van der Waals surface area contributed by atoms with Gasteiger partial charge in [-0.25, -0.2) is 4.79 Å². The summed E-state index contributed by atoms with van der Waals surface area (Å²) in [5, 5.41) is 23.6. The Morgan fingerprint density at radius 3 is 2.62 bits per heavy atom. The molecule has 4 rings (SSSR count). The first-order chi connectivity index (χ1) is 12.7. The minimum absolute atomic E-state index is 0.0384. The van der Waals surface area contributed by atoms with Crippen LogP contribution in [0.4, 0.5) is 5.95 Å². The SMILES string of the molecule is O=C(O)C1=C(C(=O)c2ccccc2)C(c2cccnc2)n2nnnc2N1. The average molecular weight is 348 g/mol. The molecule has 3 heterocycles. The molecule has 2 aromatic heterocycles. The minimum atomic E-state index is -1.27. The molecule has 1 unspecified atom stereocenters. The van der Waals surface area contributed by atoms with E-state index in [0.717, 1.165) is 0 Å². The first kappa shape index (κ1) is 15.6. The fourth-order valence-electron chi connectivity index (χ4n) is 2.88. The van der Waals surface area contributed by atoms with Gasteiger partial charge in [0.2, 0.25) is 5.95 Å². The normalized spacial score (nSPS) is 15.9. The molecular weight excluding hydrogens is 336 g/mol. The van der Waals surface area contributed by atoms with Crippen molar-refractivity contribution in [1.82, 2.24) is 25.2 Å². The van der Waals surface area contributed by atoms with Crippen molar-refractivity contribution in [2.45, 2.75) is 6.04 Å². The van der Waals surface area contributed by atoms with E-state index in [0.29, 0.717) is 11.1 Å². The van der Waals surface area contributed by atoms with Crippen LogP contribution in [0, 0.1) is 0 Å². The molecule has 128 valence electrons. The summed E-state index contributed by atoms with van der Waals surface area (Å²) in [7, 11) is 0. The van der Waals surface area contributed by atoms with Crippen LogP contribution in [0.1, 0.15) is 22.0 Å². The summed E-state index contributed by atoms with van der Waals surface area (Å²) in [6.07, 6.45) is 3.14. The molecule has 0 fully saturated rings. The lowest BCUT2D eigenvalue weighted by atomic mass is 9.90. The van der Waals surface area contributed by atoms with Crippen LogP contribution in [-0.2, 0) is 4.79 Å². The molecule has 0 bridgehead atoms. The number of fused-ring (bicyclic) bond motifs is 1. The molecule has 1 aliphatic rings. The standard InChI is InChI=1S/C17H12N6O3/c24-15(10-5-2-1-3-6-10)12-13(16(25)26)19-17-20-21-22-23(17)14(12)11-7-4-8-18-9-11/h1-9,14H,(H,25,26)(H,19,20,22). The Morgan fingerprint density at radius 1 is 1.12 bits per heavy atom. The molecule has 3 aromatic rings. The molecule has 0 spiro atoms. The number of aliphatic carboxylic acids is 1. The van der Waals surface area contributed by atoms with E-state index in [1.807, 2.05) is 0 Å². The number of carbonyl (C=O) groups excluding carboxylic acids is 1. The van der Waals surface area contributed by atoms with Crippen molar-refractivity contribution in [3.63, 3.8) is 0 Å². The first-order valence-corrected chi connectivity index (χ1v) is 7.69. The van der Waals surface area contributed by atoms with Gasteiger partial charge in [0, 0.05) is 18.0 Å². The van der Waals surface area contributed by atoms with E-state index < -0.39 is 17.8 Å². The van der Waals surface area contributed by atoms with Crippen LogP contribution in [0.15, 0.2) is 66.1 Å². The minimum Gasteiger partial charge on any atom is -0.477 e. The Bertz CT molecular complexity index is 1010. The largest absolute Gasteiger partial charge is 0.477 e. The van der Waals surface area contributed by atoms with Crippen LogP contribution in [-0.4, -0.2) is 42.1 Å². The van der Waals surface area contributed by atoms with E-state index in [2.05, 4.69) is 25.8 Å². The molecule has 1 aliphatic heterocycles. The number of allylic oxidation sites excluding steroid dienone is 1. The van der Waals surface area contributed by atoms with Crippen LogP contribution < -0.4 is 5.32 Å². The van der Waals surface area contributed by atoms with Gasteiger partial charge in [0.25, 0.3) is 0 Å². The van der Waals surface area contributed by atoms with Gasteiger partial charge in [-0.1, -0.05) is 41.5 Å². The molecular formula is C17H12N6O3. The number of anilines is 1. The van der Waals surface area contributed by atoms with Gasteiger partial charge >= 0.3 is 5.97 Å². The van der Waals surface area contributed by atoms with Gasteiger partial charge in [-0.3, -0.25) is 9.78 Å². The Hall–Kier alpha value is -3.88. The summed E-state index contributed by atoms with van der Waals surface area (Å²) in [6, 6.07) is 11.1. The quantitative estimate of drug-likeness (QED) is 0.677. The van der Waals surface area contributed by atoms with Crippen molar-refractivity contribution >= 4 is 17.7 Å². The number of carboxylic acids is 1. The van der Waals surface area contributed by atoms with Gasteiger partial charge in [0.1, 0.15) is 11.7 Å². The fraction of sp³-hybridized carbons (Fsp3) is 0.0588. The van der Waals surface area contributed by atoms with Gasteiger partial charge in [0.15, 0.2) is 5.78 Å². The third kappa shape index (κ3) is 2.51. The Kier molecular flexibility index (Phi) is 3.73. The van der Waals surface area contributed by atoms with Crippen LogP contribution in [0.2, 0.25) is 0 Å². The van der Waals surface area contributed by atoms with Gasteiger partial charge in [0.05, 0.1) is 5.57 Å². The van der Waals surface area contributed by atoms with Crippen molar-refractivity contribution in [1.29, 1.82) is 0 Å². The Morgan fingerprint density at radius 2 is 1.92 bits per heavy atom. The third-order valence-corrected chi connectivity index (χ3v) is 4.01. The zero-order chi connectivity index (χ0) is 18.1. The second-order valence-electron chi connectivity index (χ2n) is 5.55. The molecule has 0 amide bonds. The van der Waals surface area contributed by atoms with Crippen molar-refractivity contribution in [3.05, 3.63) is 77.3 Å².